The van der Waals surface area contributed by atoms with Crippen molar-refractivity contribution in [1.29, 1.82) is 0 Å². The summed E-state index contributed by atoms with van der Waals surface area (Å²) in [5, 5.41) is 0.652. The van der Waals surface area contributed by atoms with Gasteiger partial charge in [-0.05, 0) is 24.3 Å². The van der Waals surface area contributed by atoms with Crippen LogP contribution in [0, 0.1) is 5.82 Å². The smallest absolute Gasteiger partial charge is 0.263 e. The topological polar surface area (TPSA) is 50.3 Å². The van der Waals surface area contributed by atoms with Gasteiger partial charge in [0.05, 0.1) is 5.69 Å². The molecule has 0 aliphatic carbocycles. The first-order chi connectivity index (χ1) is 9.60. The average Bonchev–Trinajstić information content (AvgIpc) is 2.47. The molecule has 104 valence electrons. The van der Waals surface area contributed by atoms with E-state index in [0.717, 1.165) is 6.07 Å². The summed E-state index contributed by atoms with van der Waals surface area (Å²) >= 11 is 1.50. The summed E-state index contributed by atoms with van der Waals surface area (Å²) in [5.41, 5.74) is 0.506. The van der Waals surface area contributed by atoms with Gasteiger partial charge in [0.25, 0.3) is 10.0 Å². The highest BCUT2D eigenvalue weighted by Gasteiger charge is 2.31. The van der Waals surface area contributed by atoms with Crippen molar-refractivity contribution in [3.63, 3.8) is 0 Å². The Morgan fingerprint density at radius 3 is 2.80 bits per heavy atom. The normalized spacial score (nSPS) is 14.9. The zero-order valence-electron chi connectivity index (χ0n) is 10.4. The minimum absolute atomic E-state index is 0.304. The summed E-state index contributed by atoms with van der Waals surface area (Å²) in [5.74, 6) is -0.145. The maximum Gasteiger partial charge on any atom is 0.267 e. The van der Waals surface area contributed by atoms with E-state index in [1.54, 1.807) is 18.3 Å². The summed E-state index contributed by atoms with van der Waals surface area (Å²) in [6.45, 7) is 0.306. The van der Waals surface area contributed by atoms with Crippen LogP contribution in [0.5, 0.6) is 0 Å². The molecule has 0 unspecified atom stereocenters. The molecule has 1 aromatic heterocycles. The first-order valence-corrected chi connectivity index (χ1v) is 8.38. The Hall–Kier alpha value is -1.60. The van der Waals surface area contributed by atoms with Gasteiger partial charge in [-0.25, -0.2) is 17.8 Å². The Bertz CT molecular complexity index is 750. The van der Waals surface area contributed by atoms with Crippen LogP contribution in [0.25, 0.3) is 0 Å². The molecule has 1 aromatic carbocycles. The fraction of sp³-hybridized carbons (Fsp3) is 0.154. The fourth-order valence-electron chi connectivity index (χ4n) is 2.05. The number of anilines is 1. The minimum Gasteiger partial charge on any atom is -0.263 e. The summed E-state index contributed by atoms with van der Waals surface area (Å²) in [7, 11) is -3.90. The molecule has 0 radical (unpaired) electrons. The molecule has 0 atom stereocenters. The van der Waals surface area contributed by atoms with Gasteiger partial charge in [0.15, 0.2) is 0 Å². The predicted octanol–water partition coefficient (Wildman–Crippen LogP) is 2.52. The van der Waals surface area contributed by atoms with Gasteiger partial charge in [0.2, 0.25) is 0 Å². The van der Waals surface area contributed by atoms with E-state index < -0.39 is 15.8 Å². The number of fused-ring (bicyclic) bond motifs is 1. The first kappa shape index (κ1) is 13.4. The van der Waals surface area contributed by atoms with Crippen molar-refractivity contribution in [2.45, 2.75) is 9.92 Å². The lowest BCUT2D eigenvalue weighted by Gasteiger charge is -2.29. The summed E-state index contributed by atoms with van der Waals surface area (Å²) in [4.78, 5) is 3.86. The molecule has 7 heteroatoms. The zero-order valence-corrected chi connectivity index (χ0v) is 12.0. The van der Waals surface area contributed by atoms with E-state index in [1.165, 1.54) is 34.3 Å². The SMILES string of the molecule is O=S(=O)(c1ccccc1F)N1CCSc2ncccc21. The molecule has 1 aliphatic rings. The molecule has 0 saturated heterocycles. The number of nitrogens with zero attached hydrogens (tertiary/aromatic N) is 2. The fourth-order valence-corrected chi connectivity index (χ4v) is 4.69. The summed E-state index contributed by atoms with van der Waals surface area (Å²) in [6, 6.07) is 8.77. The lowest BCUT2D eigenvalue weighted by Crippen LogP contribution is -2.36. The molecule has 2 aromatic rings. The predicted molar refractivity (Wildman–Crippen MR) is 75.9 cm³/mol. The van der Waals surface area contributed by atoms with E-state index in [4.69, 9.17) is 0 Å². The number of hydrogen-bond acceptors (Lipinski definition) is 4. The molecular formula is C13H11FN2O2S2. The van der Waals surface area contributed by atoms with E-state index in [0.29, 0.717) is 23.0 Å². The molecule has 0 bridgehead atoms. The third-order valence-corrected chi connectivity index (χ3v) is 5.78. The zero-order chi connectivity index (χ0) is 14.2. The second-order valence-corrected chi connectivity index (χ2v) is 7.10. The Balaban J connectivity index is 2.13. The first-order valence-electron chi connectivity index (χ1n) is 5.96. The Morgan fingerprint density at radius 1 is 1.20 bits per heavy atom. The van der Waals surface area contributed by atoms with E-state index in [9.17, 15) is 12.8 Å². The number of thioether (sulfide) groups is 1. The maximum atomic E-state index is 13.8. The van der Waals surface area contributed by atoms with Crippen molar-refractivity contribution in [3.05, 3.63) is 48.4 Å². The third-order valence-electron chi connectivity index (χ3n) is 2.96. The van der Waals surface area contributed by atoms with E-state index >= 15 is 0 Å². The lowest BCUT2D eigenvalue weighted by atomic mass is 10.3. The van der Waals surface area contributed by atoms with Gasteiger partial charge in [0.1, 0.15) is 15.7 Å². The van der Waals surface area contributed by atoms with Crippen molar-refractivity contribution >= 4 is 27.5 Å². The third kappa shape index (κ3) is 2.16. The number of pyridine rings is 1. The highest BCUT2D eigenvalue weighted by atomic mass is 32.2. The highest BCUT2D eigenvalue weighted by Crippen LogP contribution is 2.36. The molecular weight excluding hydrogens is 299 g/mol. The number of hydrogen-bond donors (Lipinski definition) is 0. The van der Waals surface area contributed by atoms with E-state index in [2.05, 4.69) is 4.98 Å². The Morgan fingerprint density at radius 2 is 2.00 bits per heavy atom. The van der Waals surface area contributed by atoms with Crippen LogP contribution in [0.2, 0.25) is 0 Å². The van der Waals surface area contributed by atoms with Crippen LogP contribution in [-0.4, -0.2) is 25.7 Å². The number of benzene rings is 1. The second kappa shape index (κ2) is 5.06. The van der Waals surface area contributed by atoms with Gasteiger partial charge in [-0.2, -0.15) is 0 Å². The second-order valence-electron chi connectivity index (χ2n) is 4.18. The largest absolute Gasteiger partial charge is 0.267 e. The van der Waals surface area contributed by atoms with Crippen LogP contribution < -0.4 is 4.31 Å². The van der Waals surface area contributed by atoms with Crippen LogP contribution >= 0.6 is 11.8 Å². The number of aromatic nitrogens is 1. The van der Waals surface area contributed by atoms with Crippen LogP contribution in [-0.2, 0) is 10.0 Å². The molecule has 2 heterocycles. The minimum atomic E-state index is -3.90. The number of halogens is 1. The number of sulfonamides is 1. The van der Waals surface area contributed by atoms with Crippen molar-refractivity contribution in [2.24, 2.45) is 0 Å². The molecule has 20 heavy (non-hydrogen) atoms. The Kier molecular flexibility index (Phi) is 3.39. The van der Waals surface area contributed by atoms with Gasteiger partial charge < -0.3 is 0 Å². The lowest BCUT2D eigenvalue weighted by molar-refractivity contribution is 0.564. The van der Waals surface area contributed by atoms with Gasteiger partial charge in [0, 0.05) is 18.5 Å². The van der Waals surface area contributed by atoms with Crippen molar-refractivity contribution in [1.82, 2.24) is 4.98 Å². The van der Waals surface area contributed by atoms with Gasteiger partial charge in [-0.3, -0.25) is 4.31 Å². The van der Waals surface area contributed by atoms with Crippen molar-refractivity contribution < 1.29 is 12.8 Å². The maximum absolute atomic E-state index is 13.8. The molecule has 4 nitrogen and oxygen atoms in total. The molecule has 1 aliphatic heterocycles. The average molecular weight is 310 g/mol. The molecule has 0 spiro atoms. The summed E-state index contributed by atoms with van der Waals surface area (Å²) in [6.07, 6.45) is 1.62. The monoisotopic (exact) mass is 310 g/mol. The standard InChI is InChI=1S/C13H11FN2O2S2/c14-10-4-1-2-6-12(10)20(17,18)16-8-9-19-13-11(16)5-3-7-15-13/h1-7H,8-9H2. The molecule has 0 amide bonds. The van der Waals surface area contributed by atoms with E-state index in [1.807, 2.05) is 0 Å². The van der Waals surface area contributed by atoms with Gasteiger partial charge in [-0.15, -0.1) is 11.8 Å². The molecule has 0 fully saturated rings. The van der Waals surface area contributed by atoms with Crippen LogP contribution in [0.4, 0.5) is 10.1 Å². The number of rotatable bonds is 2. The summed E-state index contributed by atoms with van der Waals surface area (Å²) < 4.78 is 40.3. The van der Waals surface area contributed by atoms with Crippen molar-refractivity contribution in [2.75, 3.05) is 16.6 Å². The Labute approximate surface area is 120 Å². The quantitative estimate of drug-likeness (QED) is 0.855. The van der Waals surface area contributed by atoms with Crippen LogP contribution in [0.3, 0.4) is 0 Å². The van der Waals surface area contributed by atoms with Crippen LogP contribution in [0.15, 0.2) is 52.5 Å². The molecule has 0 saturated carbocycles. The molecule has 0 N–H and O–H groups in total. The molecule has 3 rings (SSSR count). The van der Waals surface area contributed by atoms with Gasteiger partial charge in [-0.1, -0.05) is 12.1 Å². The van der Waals surface area contributed by atoms with E-state index in [-0.39, 0.29) is 4.90 Å². The van der Waals surface area contributed by atoms with Crippen LogP contribution in [0.1, 0.15) is 0 Å². The van der Waals surface area contributed by atoms with Gasteiger partial charge >= 0.3 is 0 Å². The highest BCUT2D eigenvalue weighted by molar-refractivity contribution is 7.99. The van der Waals surface area contributed by atoms with Crippen molar-refractivity contribution in [3.8, 4) is 0 Å².